The Morgan fingerprint density at radius 3 is 2.19 bits per heavy atom. The molecular weight excluding hydrogens is 210 g/mol. The van der Waals surface area contributed by atoms with E-state index in [1.165, 1.54) is 38.1 Å². The van der Waals surface area contributed by atoms with Crippen molar-refractivity contribution in [3.8, 4) is 0 Å². The second kappa shape index (κ2) is 4.40. The first kappa shape index (κ1) is 11.4. The fourth-order valence-electron chi connectivity index (χ4n) is 2.24. The summed E-state index contributed by atoms with van der Waals surface area (Å²) in [6.45, 7) is 5.12. The van der Waals surface area contributed by atoms with Gasteiger partial charge in [0.15, 0.2) is 0 Å². The minimum Gasteiger partial charge on any atom is -0.326 e. The second-order valence-corrected chi connectivity index (χ2v) is 5.79. The zero-order valence-corrected chi connectivity index (χ0v) is 12.3. The summed E-state index contributed by atoms with van der Waals surface area (Å²) < 4.78 is 0. The van der Waals surface area contributed by atoms with Crippen molar-refractivity contribution in [2.24, 2.45) is 5.73 Å². The first-order valence-electron chi connectivity index (χ1n) is 5.79. The average Bonchev–Trinajstić information content (AvgIpc) is 2.57. The maximum atomic E-state index is 5.61. The molecule has 0 saturated heterocycles. The highest BCUT2D eigenvalue weighted by atomic mass is 28.1. The van der Waals surface area contributed by atoms with Gasteiger partial charge >= 0.3 is 0 Å². The summed E-state index contributed by atoms with van der Waals surface area (Å²) in [5.74, 6) is 0. The maximum Gasteiger partial charge on any atom is 0.0341 e. The quantitative estimate of drug-likeness (QED) is 0.771. The third kappa shape index (κ3) is 1.91. The van der Waals surface area contributed by atoms with Gasteiger partial charge in [-0.15, -0.1) is 0 Å². The van der Waals surface area contributed by atoms with Gasteiger partial charge < -0.3 is 5.73 Å². The first-order valence-corrected chi connectivity index (χ1v) is 6.79. The molecule has 84 valence electrons. The van der Waals surface area contributed by atoms with Gasteiger partial charge in [0.05, 0.1) is 0 Å². The molecule has 0 atom stereocenters. The lowest BCUT2D eigenvalue weighted by molar-refractivity contribution is 1.07. The molecular formula is C14H19NSi. The molecule has 2 rings (SSSR count). The van der Waals surface area contributed by atoms with Crippen molar-refractivity contribution in [3.63, 3.8) is 0 Å². The van der Waals surface area contributed by atoms with Crippen LogP contribution in [-0.4, -0.2) is 10.2 Å². The third-order valence-corrected chi connectivity index (χ3v) is 4.74. The molecule has 1 aliphatic carbocycles. The van der Waals surface area contributed by atoms with Gasteiger partial charge in [-0.1, -0.05) is 35.0 Å². The Morgan fingerprint density at radius 1 is 1.12 bits per heavy atom. The molecule has 0 aliphatic heterocycles. The third-order valence-electron chi connectivity index (χ3n) is 3.64. The Morgan fingerprint density at radius 2 is 1.75 bits per heavy atom. The van der Waals surface area contributed by atoms with Gasteiger partial charge in [-0.05, 0) is 42.5 Å². The van der Waals surface area contributed by atoms with Crippen molar-refractivity contribution < 1.29 is 0 Å². The van der Waals surface area contributed by atoms with Crippen LogP contribution in [0.4, 0.5) is 0 Å². The molecule has 0 fully saturated rings. The van der Waals surface area contributed by atoms with Crippen LogP contribution in [0, 0.1) is 0 Å². The second-order valence-electron chi connectivity index (χ2n) is 4.59. The molecule has 0 unspecified atom stereocenters. The maximum absolute atomic E-state index is 5.61. The SMILES string of the molecule is CC1=C([SiH3])CC(c2ccc(CN)cc2)=C1C. The van der Waals surface area contributed by atoms with Crippen LogP contribution >= 0.6 is 0 Å². The van der Waals surface area contributed by atoms with Crippen LogP contribution in [0.5, 0.6) is 0 Å². The fourth-order valence-corrected chi connectivity index (χ4v) is 2.97. The Hall–Kier alpha value is -1.12. The summed E-state index contributed by atoms with van der Waals surface area (Å²) in [7, 11) is 1.18. The number of nitrogens with two attached hydrogens (primary N) is 1. The first-order chi connectivity index (χ1) is 7.63. The predicted octanol–water partition coefficient (Wildman–Crippen LogP) is 1.96. The van der Waals surface area contributed by atoms with Crippen LogP contribution in [0.2, 0.25) is 0 Å². The molecule has 0 aromatic heterocycles. The molecule has 0 radical (unpaired) electrons. The van der Waals surface area contributed by atoms with E-state index in [4.69, 9.17) is 5.73 Å². The van der Waals surface area contributed by atoms with E-state index in [-0.39, 0.29) is 0 Å². The highest BCUT2D eigenvalue weighted by Gasteiger charge is 2.16. The zero-order valence-electron chi connectivity index (χ0n) is 10.3. The van der Waals surface area contributed by atoms with Gasteiger partial charge in [-0.25, -0.2) is 0 Å². The summed E-state index contributed by atoms with van der Waals surface area (Å²) >= 11 is 0. The molecule has 0 amide bonds. The van der Waals surface area contributed by atoms with Crippen LogP contribution in [0.1, 0.15) is 31.4 Å². The standard InChI is InChI=1S/C14H19NSi/c1-9-10(2)14(16)7-13(9)12-5-3-11(8-15)4-6-12/h3-6H,7-8,15H2,1-2,16H3. The lowest BCUT2D eigenvalue weighted by Crippen LogP contribution is -1.96. The van der Waals surface area contributed by atoms with Crippen LogP contribution < -0.4 is 5.73 Å². The number of allylic oxidation sites excluding steroid dienone is 4. The monoisotopic (exact) mass is 229 g/mol. The summed E-state index contributed by atoms with van der Waals surface area (Å²) in [6, 6.07) is 8.68. The summed E-state index contributed by atoms with van der Waals surface area (Å²) in [6.07, 6.45) is 1.16. The molecule has 1 aromatic rings. The molecule has 2 heteroatoms. The van der Waals surface area contributed by atoms with Crippen LogP contribution in [0.3, 0.4) is 0 Å². The Kier molecular flexibility index (Phi) is 3.12. The van der Waals surface area contributed by atoms with E-state index in [1.807, 2.05) is 0 Å². The van der Waals surface area contributed by atoms with Gasteiger partial charge in [-0.3, -0.25) is 0 Å². The van der Waals surface area contributed by atoms with Gasteiger partial charge in [0.1, 0.15) is 0 Å². The van der Waals surface area contributed by atoms with Crippen molar-refractivity contribution in [2.75, 3.05) is 0 Å². The smallest absolute Gasteiger partial charge is 0.0341 e. The van der Waals surface area contributed by atoms with E-state index in [2.05, 4.69) is 38.1 Å². The predicted molar refractivity (Wildman–Crippen MR) is 74.2 cm³/mol. The Bertz CT molecular complexity index is 466. The van der Waals surface area contributed by atoms with E-state index >= 15 is 0 Å². The van der Waals surface area contributed by atoms with Crippen molar-refractivity contribution in [1.29, 1.82) is 0 Å². The summed E-state index contributed by atoms with van der Waals surface area (Å²) in [4.78, 5) is 0. The summed E-state index contributed by atoms with van der Waals surface area (Å²) in [5, 5.41) is 1.63. The fraction of sp³-hybridized carbons (Fsp3) is 0.286. The van der Waals surface area contributed by atoms with E-state index in [0.29, 0.717) is 6.54 Å². The number of hydrogen-bond acceptors (Lipinski definition) is 1. The molecule has 1 nitrogen and oxygen atoms in total. The van der Waals surface area contributed by atoms with Gasteiger partial charge in [0.25, 0.3) is 0 Å². The van der Waals surface area contributed by atoms with Gasteiger partial charge in [0, 0.05) is 16.8 Å². The van der Waals surface area contributed by atoms with Crippen LogP contribution in [-0.2, 0) is 6.54 Å². The molecule has 0 bridgehead atoms. The number of hydrogen-bond donors (Lipinski definition) is 1. The Labute approximate surface area is 100 Å². The largest absolute Gasteiger partial charge is 0.326 e. The topological polar surface area (TPSA) is 26.0 Å². The van der Waals surface area contributed by atoms with Gasteiger partial charge in [0.2, 0.25) is 0 Å². The van der Waals surface area contributed by atoms with Crippen LogP contribution in [0.25, 0.3) is 5.57 Å². The van der Waals surface area contributed by atoms with Crippen molar-refractivity contribution in [3.05, 3.63) is 51.7 Å². The highest BCUT2D eigenvalue weighted by molar-refractivity contribution is 6.24. The molecule has 0 heterocycles. The lowest BCUT2D eigenvalue weighted by atomic mass is 9.99. The molecule has 16 heavy (non-hydrogen) atoms. The molecule has 0 spiro atoms. The Balaban J connectivity index is 2.34. The number of rotatable bonds is 2. The zero-order chi connectivity index (χ0) is 11.7. The summed E-state index contributed by atoms with van der Waals surface area (Å²) in [5.41, 5.74) is 12.7. The molecule has 2 N–H and O–H groups in total. The van der Waals surface area contributed by atoms with E-state index in [0.717, 1.165) is 6.42 Å². The van der Waals surface area contributed by atoms with E-state index < -0.39 is 0 Å². The van der Waals surface area contributed by atoms with Crippen LogP contribution in [0.15, 0.2) is 40.6 Å². The number of benzene rings is 1. The normalized spacial score (nSPS) is 16.4. The minimum absolute atomic E-state index is 0.627. The highest BCUT2D eigenvalue weighted by Crippen LogP contribution is 2.36. The molecule has 0 saturated carbocycles. The minimum atomic E-state index is 0.627. The van der Waals surface area contributed by atoms with Crippen molar-refractivity contribution >= 4 is 15.8 Å². The molecule has 1 aromatic carbocycles. The van der Waals surface area contributed by atoms with Crippen molar-refractivity contribution in [1.82, 2.24) is 0 Å². The van der Waals surface area contributed by atoms with Crippen molar-refractivity contribution in [2.45, 2.75) is 26.8 Å². The lowest BCUT2D eigenvalue weighted by Gasteiger charge is -2.06. The molecule has 1 aliphatic rings. The van der Waals surface area contributed by atoms with E-state index in [1.54, 1.807) is 5.20 Å². The van der Waals surface area contributed by atoms with E-state index in [9.17, 15) is 0 Å². The van der Waals surface area contributed by atoms with Gasteiger partial charge in [-0.2, -0.15) is 0 Å². The average molecular weight is 229 g/mol.